The van der Waals surface area contributed by atoms with Crippen molar-refractivity contribution in [3.8, 4) is 5.82 Å². The summed E-state index contributed by atoms with van der Waals surface area (Å²) in [6.45, 7) is 2.42. The van der Waals surface area contributed by atoms with E-state index in [0.29, 0.717) is 11.6 Å². The number of nitrogens with one attached hydrogen (secondary N) is 1. The average Bonchev–Trinajstić information content (AvgIpc) is 3.49. The van der Waals surface area contributed by atoms with Gasteiger partial charge in [-0.05, 0) is 62.1 Å². The Kier molecular flexibility index (Phi) is 5.87. The number of carbonyl (C=O) groups excluding carboxylic acids is 1. The Balaban J connectivity index is 1.24. The van der Waals surface area contributed by atoms with E-state index in [1.807, 2.05) is 36.7 Å². The van der Waals surface area contributed by atoms with Crippen LogP contribution in [0, 0.1) is 0 Å². The molecular formula is C26H33N5O. The van der Waals surface area contributed by atoms with Gasteiger partial charge in [-0.3, -0.25) is 4.79 Å². The number of pyridine rings is 1. The smallest absolute Gasteiger partial charge is 0.253 e. The quantitative estimate of drug-likeness (QED) is 0.644. The van der Waals surface area contributed by atoms with E-state index < -0.39 is 0 Å². The fourth-order valence-corrected chi connectivity index (χ4v) is 5.26. The third-order valence-electron chi connectivity index (χ3n) is 7.08. The van der Waals surface area contributed by atoms with Gasteiger partial charge >= 0.3 is 0 Å². The van der Waals surface area contributed by atoms with Crippen LogP contribution in [0.2, 0.25) is 0 Å². The van der Waals surface area contributed by atoms with Gasteiger partial charge in [-0.25, -0.2) is 4.98 Å². The highest BCUT2D eigenvalue weighted by molar-refractivity contribution is 5.98. The number of anilines is 1. The van der Waals surface area contributed by atoms with Gasteiger partial charge in [0.2, 0.25) is 0 Å². The van der Waals surface area contributed by atoms with Crippen molar-refractivity contribution in [1.29, 1.82) is 0 Å². The second-order valence-electron chi connectivity index (χ2n) is 9.46. The molecule has 168 valence electrons. The highest BCUT2D eigenvalue weighted by atomic mass is 16.2. The zero-order valence-electron chi connectivity index (χ0n) is 19.1. The molecule has 0 bridgehead atoms. The van der Waals surface area contributed by atoms with Gasteiger partial charge in [-0.2, -0.15) is 0 Å². The second kappa shape index (κ2) is 8.94. The molecule has 5 rings (SSSR count). The van der Waals surface area contributed by atoms with Gasteiger partial charge in [0.05, 0.1) is 17.4 Å². The minimum absolute atomic E-state index is 0.0160. The number of likely N-dealkylation sites (tertiary alicyclic amines) is 1. The molecule has 1 aliphatic carbocycles. The molecule has 0 unspecified atom stereocenters. The molecule has 1 saturated carbocycles. The molecule has 1 amide bonds. The lowest BCUT2D eigenvalue weighted by molar-refractivity contribution is 0.0828. The van der Waals surface area contributed by atoms with Crippen LogP contribution in [0.5, 0.6) is 0 Å². The van der Waals surface area contributed by atoms with Gasteiger partial charge in [0.25, 0.3) is 5.91 Å². The number of carbonyl (C=O) groups is 1. The van der Waals surface area contributed by atoms with Crippen molar-refractivity contribution in [1.82, 2.24) is 19.4 Å². The second-order valence-corrected chi connectivity index (χ2v) is 9.46. The number of hydrogen-bond acceptors (Lipinski definition) is 4. The fraction of sp³-hybridized carbons (Fsp3) is 0.462. The van der Waals surface area contributed by atoms with Crippen molar-refractivity contribution in [2.24, 2.45) is 0 Å². The summed E-state index contributed by atoms with van der Waals surface area (Å²) in [5, 5.41) is 4.73. The Morgan fingerprint density at radius 1 is 1.03 bits per heavy atom. The number of benzene rings is 1. The van der Waals surface area contributed by atoms with Crippen LogP contribution >= 0.6 is 0 Å². The average molecular weight is 432 g/mol. The van der Waals surface area contributed by atoms with E-state index in [9.17, 15) is 4.79 Å². The minimum atomic E-state index is 0.0160. The molecule has 0 spiro atoms. The van der Waals surface area contributed by atoms with Gasteiger partial charge < -0.3 is 19.7 Å². The van der Waals surface area contributed by atoms with Crippen LogP contribution in [0.15, 0.2) is 48.8 Å². The predicted molar refractivity (Wildman–Crippen MR) is 130 cm³/mol. The fourth-order valence-electron chi connectivity index (χ4n) is 5.26. The highest BCUT2D eigenvalue weighted by Gasteiger charge is 2.27. The van der Waals surface area contributed by atoms with Gasteiger partial charge in [-0.15, -0.1) is 0 Å². The van der Waals surface area contributed by atoms with Gasteiger partial charge in [0.15, 0.2) is 0 Å². The number of fused-ring (bicyclic) bond motifs is 1. The molecule has 1 aromatic carbocycles. The molecule has 1 N–H and O–H groups in total. The number of rotatable bonds is 5. The molecule has 2 aliphatic rings. The lowest BCUT2D eigenvalue weighted by atomic mass is 10.0. The largest absolute Gasteiger partial charge is 0.381 e. The minimum Gasteiger partial charge on any atom is -0.381 e. The maximum Gasteiger partial charge on any atom is 0.253 e. The molecule has 3 heterocycles. The molecule has 2 fully saturated rings. The maximum atomic E-state index is 12.2. The van der Waals surface area contributed by atoms with Crippen LogP contribution in [-0.2, 0) is 0 Å². The number of aromatic nitrogens is 2. The summed E-state index contributed by atoms with van der Waals surface area (Å²) in [7, 11) is 3.55. The summed E-state index contributed by atoms with van der Waals surface area (Å²) < 4.78 is 2.07. The van der Waals surface area contributed by atoms with Crippen molar-refractivity contribution in [2.75, 3.05) is 32.5 Å². The summed E-state index contributed by atoms with van der Waals surface area (Å²) in [6.07, 6.45) is 12.0. The van der Waals surface area contributed by atoms with E-state index in [2.05, 4.69) is 26.9 Å². The lowest BCUT2D eigenvalue weighted by Crippen LogP contribution is -2.43. The lowest BCUT2D eigenvalue weighted by Gasteiger charge is -2.36. The Morgan fingerprint density at radius 2 is 1.81 bits per heavy atom. The first kappa shape index (κ1) is 21.0. The van der Waals surface area contributed by atoms with Crippen LogP contribution in [-0.4, -0.2) is 64.5 Å². The summed E-state index contributed by atoms with van der Waals surface area (Å²) >= 11 is 0. The summed E-state index contributed by atoms with van der Waals surface area (Å²) in [5.41, 5.74) is 2.84. The molecule has 2 aromatic heterocycles. The molecule has 1 aliphatic heterocycles. The summed E-state index contributed by atoms with van der Waals surface area (Å²) in [6, 6.07) is 13.4. The Labute approximate surface area is 190 Å². The summed E-state index contributed by atoms with van der Waals surface area (Å²) in [5.74, 6) is 0.899. The highest BCUT2D eigenvalue weighted by Crippen LogP contribution is 2.27. The van der Waals surface area contributed by atoms with Crippen LogP contribution in [0.1, 0.15) is 48.9 Å². The Morgan fingerprint density at radius 3 is 2.50 bits per heavy atom. The van der Waals surface area contributed by atoms with Gasteiger partial charge in [0.1, 0.15) is 5.82 Å². The molecule has 0 radical (unpaired) electrons. The van der Waals surface area contributed by atoms with E-state index in [0.717, 1.165) is 28.5 Å². The molecule has 3 aromatic rings. The van der Waals surface area contributed by atoms with Crippen LogP contribution in [0.25, 0.3) is 16.7 Å². The predicted octanol–water partition coefficient (Wildman–Crippen LogP) is 4.55. The number of hydrogen-bond donors (Lipinski definition) is 1. The first-order chi connectivity index (χ1) is 15.6. The number of amides is 1. The van der Waals surface area contributed by atoms with Crippen molar-refractivity contribution in [3.05, 3.63) is 54.4 Å². The van der Waals surface area contributed by atoms with Crippen LogP contribution in [0.4, 0.5) is 5.69 Å². The first-order valence-corrected chi connectivity index (χ1v) is 11.9. The van der Waals surface area contributed by atoms with Crippen molar-refractivity contribution in [2.45, 2.75) is 50.6 Å². The standard InChI is InChI=1S/C26H33N5O/c1-29(2)26(32)20-7-9-24-19(17-20)11-16-31(24)25-10-8-22(18-27-25)28-21-12-14-30(15-13-21)23-5-3-4-6-23/h7-11,16-18,21,23,28H,3-6,12-15H2,1-2H3. The van der Waals surface area contributed by atoms with Crippen LogP contribution < -0.4 is 5.32 Å². The number of piperidine rings is 1. The molecule has 0 atom stereocenters. The maximum absolute atomic E-state index is 12.2. The van der Waals surface area contributed by atoms with E-state index >= 15 is 0 Å². The van der Waals surface area contributed by atoms with Gasteiger partial charge in [-0.1, -0.05) is 12.8 Å². The Bertz CT molecular complexity index is 1070. The first-order valence-electron chi connectivity index (χ1n) is 11.9. The molecule has 1 saturated heterocycles. The molecular weight excluding hydrogens is 398 g/mol. The van der Waals surface area contributed by atoms with E-state index in [1.165, 1.54) is 51.6 Å². The van der Waals surface area contributed by atoms with Crippen LogP contribution in [0.3, 0.4) is 0 Å². The van der Waals surface area contributed by atoms with Crippen molar-refractivity contribution in [3.63, 3.8) is 0 Å². The van der Waals surface area contributed by atoms with E-state index in [1.54, 1.807) is 19.0 Å². The van der Waals surface area contributed by atoms with E-state index in [-0.39, 0.29) is 5.91 Å². The SMILES string of the molecule is CN(C)C(=O)c1ccc2c(ccn2-c2ccc(NC3CCN(C4CCCC4)CC3)cn2)c1. The summed E-state index contributed by atoms with van der Waals surface area (Å²) in [4.78, 5) is 21.3. The molecule has 6 nitrogen and oxygen atoms in total. The molecule has 6 heteroatoms. The zero-order valence-corrected chi connectivity index (χ0v) is 19.1. The monoisotopic (exact) mass is 431 g/mol. The number of nitrogens with zero attached hydrogens (tertiary/aromatic N) is 4. The normalized spacial score (nSPS) is 18.3. The Hall–Kier alpha value is -2.86. The zero-order chi connectivity index (χ0) is 22.1. The topological polar surface area (TPSA) is 53.4 Å². The van der Waals surface area contributed by atoms with Crippen molar-refractivity contribution < 1.29 is 4.79 Å². The van der Waals surface area contributed by atoms with E-state index in [4.69, 9.17) is 4.98 Å². The van der Waals surface area contributed by atoms with Gasteiger partial charge in [0, 0.05) is 56.4 Å². The molecule has 32 heavy (non-hydrogen) atoms. The third-order valence-corrected chi connectivity index (χ3v) is 7.08. The van der Waals surface area contributed by atoms with Crippen molar-refractivity contribution >= 4 is 22.5 Å². The third kappa shape index (κ3) is 4.24.